The van der Waals surface area contributed by atoms with E-state index in [0.717, 1.165) is 36.7 Å². The highest BCUT2D eigenvalue weighted by atomic mass is 16.1. The standard InChI is InChI=1S/C17H24N6O/c1-13(24)21-14-6-4-7-15(10-14)22-17-11-16(19-12-20-17)18-8-5-9-23(2)3/h4,6-7,10-12H,5,8-9H2,1-3H3,(H,21,24)(H2,18,19,20,22). The van der Waals surface area contributed by atoms with Crippen molar-refractivity contribution in [1.29, 1.82) is 0 Å². The number of carbonyl (C=O) groups is 1. The Bertz CT molecular complexity index is 674. The van der Waals surface area contributed by atoms with Crippen LogP contribution in [-0.2, 0) is 4.79 Å². The summed E-state index contributed by atoms with van der Waals surface area (Å²) in [6.45, 7) is 3.37. The lowest BCUT2D eigenvalue weighted by molar-refractivity contribution is -0.114. The molecule has 1 amide bonds. The van der Waals surface area contributed by atoms with E-state index in [9.17, 15) is 4.79 Å². The van der Waals surface area contributed by atoms with E-state index in [1.807, 2.05) is 30.3 Å². The Labute approximate surface area is 142 Å². The molecule has 2 rings (SSSR count). The van der Waals surface area contributed by atoms with Crippen molar-refractivity contribution >= 4 is 28.9 Å². The van der Waals surface area contributed by atoms with Crippen LogP contribution in [0.1, 0.15) is 13.3 Å². The summed E-state index contributed by atoms with van der Waals surface area (Å²) in [6, 6.07) is 9.34. The Hall–Kier alpha value is -2.67. The van der Waals surface area contributed by atoms with Crippen LogP contribution in [0.25, 0.3) is 0 Å². The van der Waals surface area contributed by atoms with Crippen molar-refractivity contribution in [1.82, 2.24) is 14.9 Å². The average Bonchev–Trinajstić information content (AvgIpc) is 2.51. The highest BCUT2D eigenvalue weighted by Crippen LogP contribution is 2.19. The maximum atomic E-state index is 11.1. The van der Waals surface area contributed by atoms with Crippen LogP contribution in [-0.4, -0.2) is 48.0 Å². The molecule has 2 aromatic rings. The zero-order valence-electron chi connectivity index (χ0n) is 14.3. The summed E-state index contributed by atoms with van der Waals surface area (Å²) in [6.07, 6.45) is 2.56. The molecule has 7 nitrogen and oxygen atoms in total. The van der Waals surface area contributed by atoms with Crippen LogP contribution < -0.4 is 16.0 Å². The zero-order chi connectivity index (χ0) is 17.4. The average molecular weight is 328 g/mol. The van der Waals surface area contributed by atoms with Crippen LogP contribution in [0.15, 0.2) is 36.7 Å². The Balaban J connectivity index is 1.95. The summed E-state index contributed by atoms with van der Waals surface area (Å²) in [5, 5.41) is 9.26. The smallest absolute Gasteiger partial charge is 0.221 e. The lowest BCUT2D eigenvalue weighted by atomic mass is 10.2. The van der Waals surface area contributed by atoms with E-state index in [2.05, 4.69) is 44.9 Å². The van der Waals surface area contributed by atoms with Crippen molar-refractivity contribution in [2.45, 2.75) is 13.3 Å². The fourth-order valence-corrected chi connectivity index (χ4v) is 2.16. The molecule has 0 atom stereocenters. The van der Waals surface area contributed by atoms with Gasteiger partial charge < -0.3 is 20.9 Å². The van der Waals surface area contributed by atoms with Crippen LogP contribution >= 0.6 is 0 Å². The molecule has 1 aromatic heterocycles. The molecule has 0 spiro atoms. The largest absolute Gasteiger partial charge is 0.370 e. The first-order valence-electron chi connectivity index (χ1n) is 7.88. The third-order valence-corrected chi connectivity index (χ3v) is 3.21. The van der Waals surface area contributed by atoms with E-state index in [-0.39, 0.29) is 5.91 Å². The SMILES string of the molecule is CC(=O)Nc1cccc(Nc2cc(NCCCN(C)C)ncn2)c1. The van der Waals surface area contributed by atoms with Gasteiger partial charge in [-0.2, -0.15) is 0 Å². The lowest BCUT2D eigenvalue weighted by Gasteiger charge is -2.11. The minimum atomic E-state index is -0.0987. The van der Waals surface area contributed by atoms with Crippen molar-refractivity contribution in [3.8, 4) is 0 Å². The summed E-state index contributed by atoms with van der Waals surface area (Å²) < 4.78 is 0. The van der Waals surface area contributed by atoms with Crippen molar-refractivity contribution in [2.75, 3.05) is 43.1 Å². The van der Waals surface area contributed by atoms with E-state index >= 15 is 0 Å². The molecule has 0 radical (unpaired) electrons. The topological polar surface area (TPSA) is 82.2 Å². The van der Waals surface area contributed by atoms with Crippen LogP contribution in [0.3, 0.4) is 0 Å². The van der Waals surface area contributed by atoms with Gasteiger partial charge in [0.05, 0.1) is 0 Å². The summed E-state index contributed by atoms with van der Waals surface area (Å²) >= 11 is 0. The van der Waals surface area contributed by atoms with Gasteiger partial charge in [-0.1, -0.05) is 6.07 Å². The molecule has 24 heavy (non-hydrogen) atoms. The van der Waals surface area contributed by atoms with Crippen molar-refractivity contribution in [2.24, 2.45) is 0 Å². The van der Waals surface area contributed by atoms with Crippen LogP contribution in [0, 0.1) is 0 Å². The highest BCUT2D eigenvalue weighted by molar-refractivity contribution is 5.89. The van der Waals surface area contributed by atoms with Gasteiger partial charge in [-0.25, -0.2) is 9.97 Å². The summed E-state index contributed by atoms with van der Waals surface area (Å²) in [5.41, 5.74) is 1.59. The quantitative estimate of drug-likeness (QED) is 0.646. The minimum absolute atomic E-state index is 0.0987. The molecule has 0 bridgehead atoms. The Morgan fingerprint density at radius 2 is 1.88 bits per heavy atom. The van der Waals surface area contributed by atoms with Gasteiger partial charge in [-0.05, 0) is 45.3 Å². The molecule has 128 valence electrons. The van der Waals surface area contributed by atoms with Crippen molar-refractivity contribution in [3.05, 3.63) is 36.7 Å². The number of anilines is 4. The van der Waals surface area contributed by atoms with E-state index in [1.54, 1.807) is 0 Å². The van der Waals surface area contributed by atoms with E-state index in [4.69, 9.17) is 0 Å². The molecule has 0 aliphatic carbocycles. The number of carbonyl (C=O) groups excluding carboxylic acids is 1. The molecular weight excluding hydrogens is 304 g/mol. The third kappa shape index (κ3) is 6.21. The maximum absolute atomic E-state index is 11.1. The maximum Gasteiger partial charge on any atom is 0.221 e. The Morgan fingerprint density at radius 3 is 2.62 bits per heavy atom. The first-order valence-corrected chi connectivity index (χ1v) is 7.88. The fraction of sp³-hybridized carbons (Fsp3) is 0.353. The monoisotopic (exact) mass is 328 g/mol. The predicted molar refractivity (Wildman–Crippen MR) is 97.7 cm³/mol. The summed E-state index contributed by atoms with van der Waals surface area (Å²) in [7, 11) is 4.11. The molecule has 0 aliphatic rings. The van der Waals surface area contributed by atoms with Gasteiger partial charge in [0, 0.05) is 30.9 Å². The van der Waals surface area contributed by atoms with Crippen LogP contribution in [0.4, 0.5) is 23.0 Å². The van der Waals surface area contributed by atoms with Gasteiger partial charge >= 0.3 is 0 Å². The van der Waals surface area contributed by atoms with Crippen molar-refractivity contribution < 1.29 is 4.79 Å². The molecule has 0 saturated heterocycles. The third-order valence-electron chi connectivity index (χ3n) is 3.21. The van der Waals surface area contributed by atoms with Gasteiger partial charge in [-0.3, -0.25) is 4.79 Å². The minimum Gasteiger partial charge on any atom is -0.370 e. The number of rotatable bonds is 8. The first kappa shape index (κ1) is 17.7. The second-order valence-corrected chi connectivity index (χ2v) is 5.76. The molecule has 0 saturated carbocycles. The van der Waals surface area contributed by atoms with Gasteiger partial charge in [0.2, 0.25) is 5.91 Å². The normalized spacial score (nSPS) is 10.5. The number of hydrogen-bond acceptors (Lipinski definition) is 6. The van der Waals surface area contributed by atoms with Gasteiger partial charge in [0.1, 0.15) is 18.0 Å². The second kappa shape index (κ2) is 8.83. The number of nitrogens with one attached hydrogen (secondary N) is 3. The van der Waals surface area contributed by atoms with Gasteiger partial charge in [0.15, 0.2) is 0 Å². The first-order chi connectivity index (χ1) is 11.5. The van der Waals surface area contributed by atoms with Crippen molar-refractivity contribution in [3.63, 3.8) is 0 Å². The molecule has 3 N–H and O–H groups in total. The predicted octanol–water partition coefficient (Wildman–Crippen LogP) is 2.54. The summed E-state index contributed by atoms with van der Waals surface area (Å²) in [5.74, 6) is 1.38. The number of benzene rings is 1. The Morgan fingerprint density at radius 1 is 1.12 bits per heavy atom. The highest BCUT2D eigenvalue weighted by Gasteiger charge is 2.02. The van der Waals surface area contributed by atoms with E-state index in [1.165, 1.54) is 13.3 Å². The number of aromatic nitrogens is 2. The molecular formula is C17H24N6O. The van der Waals surface area contributed by atoms with Gasteiger partial charge in [-0.15, -0.1) is 0 Å². The van der Waals surface area contributed by atoms with Gasteiger partial charge in [0.25, 0.3) is 0 Å². The molecule has 0 fully saturated rings. The second-order valence-electron chi connectivity index (χ2n) is 5.76. The molecule has 1 heterocycles. The number of amides is 1. The molecule has 0 unspecified atom stereocenters. The van der Waals surface area contributed by atoms with Crippen LogP contribution in [0.2, 0.25) is 0 Å². The fourth-order valence-electron chi connectivity index (χ4n) is 2.16. The Kier molecular flexibility index (Phi) is 6.51. The molecule has 0 aliphatic heterocycles. The summed E-state index contributed by atoms with van der Waals surface area (Å²) in [4.78, 5) is 21.7. The lowest BCUT2D eigenvalue weighted by Crippen LogP contribution is -2.16. The van der Waals surface area contributed by atoms with E-state index in [0.29, 0.717) is 5.82 Å². The van der Waals surface area contributed by atoms with E-state index < -0.39 is 0 Å². The number of nitrogens with zero attached hydrogens (tertiary/aromatic N) is 3. The number of hydrogen-bond donors (Lipinski definition) is 3. The molecule has 7 heteroatoms. The zero-order valence-corrected chi connectivity index (χ0v) is 14.3. The molecule has 1 aromatic carbocycles. The van der Waals surface area contributed by atoms with Crippen LogP contribution in [0.5, 0.6) is 0 Å².